The van der Waals surface area contributed by atoms with Gasteiger partial charge in [-0.2, -0.15) is 0 Å². The number of hydrogen-bond acceptors (Lipinski definition) is 4. The fourth-order valence-electron chi connectivity index (χ4n) is 1.40. The number of rotatable bonds is 1. The van der Waals surface area contributed by atoms with Crippen molar-refractivity contribution in [1.82, 2.24) is 9.97 Å². The Hall–Kier alpha value is -2.29. The Labute approximate surface area is 100 Å². The maximum absolute atomic E-state index is 13.4. The Morgan fingerprint density at radius 3 is 2.06 bits per heavy atom. The van der Waals surface area contributed by atoms with Crippen LogP contribution in [0.4, 0.5) is 14.5 Å². The molecule has 1 aromatic heterocycles. The lowest BCUT2D eigenvalue weighted by atomic mass is 10.2. The van der Waals surface area contributed by atoms with Crippen LogP contribution in [0.3, 0.4) is 0 Å². The minimum atomic E-state index is -1.68. The highest BCUT2D eigenvalue weighted by Crippen LogP contribution is 2.34. The summed E-state index contributed by atoms with van der Waals surface area (Å²) in [5.74, 6) is -3.27. The molecule has 0 spiro atoms. The summed E-state index contributed by atoms with van der Waals surface area (Å²) in [6.45, 7) is 0. The molecule has 1 heterocycles. The Morgan fingerprint density at radius 2 is 1.56 bits per heavy atom. The topological polar surface area (TPSA) is 109 Å². The van der Waals surface area contributed by atoms with Gasteiger partial charge in [0, 0.05) is 0 Å². The lowest BCUT2D eigenvalue weighted by Gasteiger charge is -2.03. The van der Waals surface area contributed by atoms with Gasteiger partial charge in [-0.25, -0.2) is 8.78 Å². The SMILES string of the molecule is O=c1[nH]c2c(F)c(F)c(Cl)c([N+](=O)[O-])c2[nH]c1=O. The molecule has 0 aliphatic rings. The average Bonchev–Trinajstić information content (AvgIpc) is 2.29. The number of aromatic nitrogens is 2. The maximum Gasteiger partial charge on any atom is 0.316 e. The second kappa shape index (κ2) is 3.88. The van der Waals surface area contributed by atoms with E-state index in [1.807, 2.05) is 0 Å². The van der Waals surface area contributed by atoms with E-state index in [9.17, 15) is 28.5 Å². The number of benzene rings is 1. The standard InChI is InChI=1S/C8H2ClF2N3O4/c9-1-2(10)3(11)4-5(6(1)14(17)18)13-8(16)7(15)12-4/h(H,12,15)(H,13,16). The summed E-state index contributed by atoms with van der Waals surface area (Å²) < 4.78 is 26.7. The first-order valence-electron chi connectivity index (χ1n) is 4.31. The highest BCUT2D eigenvalue weighted by Gasteiger charge is 2.28. The molecule has 1 aromatic carbocycles. The Bertz CT molecular complexity index is 797. The normalized spacial score (nSPS) is 10.8. The van der Waals surface area contributed by atoms with Gasteiger partial charge in [0.1, 0.15) is 11.0 Å². The molecule has 0 saturated heterocycles. The van der Waals surface area contributed by atoms with Gasteiger partial charge < -0.3 is 9.97 Å². The van der Waals surface area contributed by atoms with Crippen molar-refractivity contribution >= 4 is 28.3 Å². The minimum absolute atomic E-state index is 0.687. The van der Waals surface area contributed by atoms with Crippen LogP contribution >= 0.6 is 11.6 Å². The van der Waals surface area contributed by atoms with Crippen LogP contribution in [0.2, 0.25) is 5.02 Å². The summed E-state index contributed by atoms with van der Waals surface area (Å²) in [5.41, 5.74) is -5.05. The van der Waals surface area contributed by atoms with Gasteiger partial charge in [0.25, 0.3) is 0 Å². The predicted molar refractivity (Wildman–Crippen MR) is 56.8 cm³/mol. The molecular weight excluding hydrogens is 276 g/mol. The van der Waals surface area contributed by atoms with E-state index < -0.39 is 49.4 Å². The Kier molecular flexibility index (Phi) is 2.62. The largest absolute Gasteiger partial charge is 0.316 e. The van der Waals surface area contributed by atoms with Gasteiger partial charge in [-0.3, -0.25) is 19.7 Å². The molecule has 0 aliphatic heterocycles. The average molecular weight is 278 g/mol. The van der Waals surface area contributed by atoms with Crippen molar-refractivity contribution in [2.45, 2.75) is 0 Å². The number of aromatic amines is 2. The second-order valence-electron chi connectivity index (χ2n) is 3.21. The Morgan fingerprint density at radius 1 is 1.06 bits per heavy atom. The summed E-state index contributed by atoms with van der Waals surface area (Å²) in [4.78, 5) is 35.1. The first kappa shape index (κ1) is 12.2. The van der Waals surface area contributed by atoms with Gasteiger partial charge in [-0.1, -0.05) is 11.6 Å². The number of fused-ring (bicyclic) bond motifs is 1. The van der Waals surface area contributed by atoms with Crippen LogP contribution in [0.1, 0.15) is 0 Å². The zero-order valence-corrected chi connectivity index (χ0v) is 8.97. The fourth-order valence-corrected chi connectivity index (χ4v) is 1.65. The number of nitrogens with one attached hydrogen (secondary N) is 2. The zero-order valence-electron chi connectivity index (χ0n) is 8.21. The maximum atomic E-state index is 13.4. The third-order valence-electron chi connectivity index (χ3n) is 2.17. The van der Waals surface area contributed by atoms with Gasteiger partial charge >= 0.3 is 16.8 Å². The fraction of sp³-hybridized carbons (Fsp3) is 0. The highest BCUT2D eigenvalue weighted by molar-refractivity contribution is 6.34. The molecule has 0 radical (unpaired) electrons. The van der Waals surface area contributed by atoms with Gasteiger partial charge in [-0.15, -0.1) is 0 Å². The molecule has 0 fully saturated rings. The van der Waals surface area contributed by atoms with Crippen molar-refractivity contribution in [3.63, 3.8) is 0 Å². The van der Waals surface area contributed by atoms with Gasteiger partial charge in [0.05, 0.1) is 4.92 Å². The van der Waals surface area contributed by atoms with Crippen LogP contribution < -0.4 is 11.1 Å². The molecule has 0 aliphatic carbocycles. The van der Waals surface area contributed by atoms with Crippen molar-refractivity contribution in [2.24, 2.45) is 0 Å². The number of H-pyrrole nitrogens is 2. The van der Waals surface area contributed by atoms with E-state index in [2.05, 4.69) is 0 Å². The molecule has 2 rings (SSSR count). The molecule has 18 heavy (non-hydrogen) atoms. The summed E-state index contributed by atoms with van der Waals surface area (Å²) >= 11 is 5.29. The molecule has 0 unspecified atom stereocenters. The van der Waals surface area contributed by atoms with Crippen molar-refractivity contribution < 1.29 is 13.7 Å². The quantitative estimate of drug-likeness (QED) is 0.351. The number of halogens is 3. The number of hydrogen-bond donors (Lipinski definition) is 2. The zero-order chi connectivity index (χ0) is 13.6. The highest BCUT2D eigenvalue weighted by atomic mass is 35.5. The second-order valence-corrected chi connectivity index (χ2v) is 3.58. The van der Waals surface area contributed by atoms with Crippen LogP contribution in [0, 0.1) is 21.7 Å². The molecule has 2 N–H and O–H groups in total. The van der Waals surface area contributed by atoms with Gasteiger partial charge in [-0.05, 0) is 0 Å². The first-order valence-corrected chi connectivity index (χ1v) is 4.69. The number of nitro groups is 1. The third kappa shape index (κ3) is 1.56. The van der Waals surface area contributed by atoms with E-state index in [1.165, 1.54) is 0 Å². The van der Waals surface area contributed by atoms with Crippen molar-refractivity contribution in [3.8, 4) is 0 Å². The van der Waals surface area contributed by atoms with Crippen molar-refractivity contribution in [1.29, 1.82) is 0 Å². The molecule has 10 heteroatoms. The molecule has 0 atom stereocenters. The monoisotopic (exact) mass is 277 g/mol. The molecule has 94 valence electrons. The lowest BCUT2D eigenvalue weighted by molar-refractivity contribution is -0.383. The molecule has 2 aromatic rings. The van der Waals surface area contributed by atoms with E-state index in [-0.39, 0.29) is 0 Å². The van der Waals surface area contributed by atoms with E-state index in [0.717, 1.165) is 0 Å². The first-order chi connectivity index (χ1) is 8.34. The third-order valence-corrected chi connectivity index (χ3v) is 2.51. The van der Waals surface area contributed by atoms with E-state index in [4.69, 9.17) is 11.6 Å². The lowest BCUT2D eigenvalue weighted by Crippen LogP contribution is -2.29. The smallest absolute Gasteiger partial charge is 0.313 e. The van der Waals surface area contributed by atoms with Crippen LogP contribution in [0.25, 0.3) is 11.0 Å². The molecule has 0 amide bonds. The Balaban J connectivity index is 3.18. The molecule has 0 bridgehead atoms. The van der Waals surface area contributed by atoms with Crippen LogP contribution in [0.15, 0.2) is 9.59 Å². The van der Waals surface area contributed by atoms with E-state index >= 15 is 0 Å². The summed E-state index contributed by atoms with van der Waals surface area (Å²) in [6.07, 6.45) is 0. The summed E-state index contributed by atoms with van der Waals surface area (Å²) in [7, 11) is 0. The van der Waals surface area contributed by atoms with Crippen LogP contribution in [-0.4, -0.2) is 14.9 Å². The predicted octanol–water partition coefficient (Wildman–Crippen LogP) is 1.06. The van der Waals surface area contributed by atoms with E-state index in [0.29, 0.717) is 0 Å². The minimum Gasteiger partial charge on any atom is -0.313 e. The van der Waals surface area contributed by atoms with Crippen LogP contribution in [-0.2, 0) is 0 Å². The van der Waals surface area contributed by atoms with Crippen molar-refractivity contribution in [3.05, 3.63) is 47.5 Å². The molecular formula is C8H2ClF2N3O4. The van der Waals surface area contributed by atoms with Gasteiger partial charge in [0.15, 0.2) is 16.7 Å². The van der Waals surface area contributed by atoms with Crippen LogP contribution in [0.5, 0.6) is 0 Å². The molecule has 0 saturated carbocycles. The van der Waals surface area contributed by atoms with Gasteiger partial charge in [0.2, 0.25) is 0 Å². The number of nitro benzene ring substituents is 1. The summed E-state index contributed by atoms with van der Waals surface area (Å²) in [6, 6.07) is 0. The van der Waals surface area contributed by atoms with Crippen molar-refractivity contribution in [2.75, 3.05) is 0 Å². The molecule has 7 nitrogen and oxygen atoms in total. The number of nitrogens with zero attached hydrogens (tertiary/aromatic N) is 1. The van der Waals surface area contributed by atoms with E-state index in [1.54, 1.807) is 9.97 Å². The summed E-state index contributed by atoms with van der Waals surface area (Å²) in [5, 5.41) is 9.62.